The molecule has 0 atom stereocenters. The Morgan fingerprint density at radius 3 is 2.49 bits per heavy atom. The summed E-state index contributed by atoms with van der Waals surface area (Å²) in [5.41, 5.74) is 0.601. The lowest BCUT2D eigenvalue weighted by molar-refractivity contribution is -0.136. The Morgan fingerprint density at radius 1 is 1.23 bits per heavy atom. The lowest BCUT2D eigenvalue weighted by Gasteiger charge is -2.19. The highest BCUT2D eigenvalue weighted by atomic mass is 32.1. The molecule has 194 valence electrons. The van der Waals surface area contributed by atoms with Crippen LogP contribution in [0.1, 0.15) is 23.8 Å². The monoisotopic (exact) mass is 522 g/mol. The van der Waals surface area contributed by atoms with E-state index in [1.54, 1.807) is 6.92 Å². The number of ether oxygens (including phenoxy) is 2. The second-order valence-corrected chi connectivity index (χ2v) is 8.26. The molecule has 15 heteroatoms. The van der Waals surface area contributed by atoms with Crippen LogP contribution in [0.3, 0.4) is 0 Å². The van der Waals surface area contributed by atoms with Crippen LogP contribution < -0.4 is 16.7 Å². The lowest BCUT2D eigenvalue weighted by Crippen LogP contribution is -2.44. The Kier molecular flexibility index (Phi) is 9.47. The van der Waals surface area contributed by atoms with Gasteiger partial charge in [0.2, 0.25) is 0 Å². The zero-order valence-corrected chi connectivity index (χ0v) is 20.0. The molecule has 2 amide bonds. The summed E-state index contributed by atoms with van der Waals surface area (Å²) >= 11 is 0.832. The summed E-state index contributed by atoms with van der Waals surface area (Å²) in [6.45, 7) is 2.20. The number of aryl methyl sites for hydroxylation is 2. The molecular weight excluding hydrogens is 497 g/mol. The number of aromatic nitrogens is 2. The van der Waals surface area contributed by atoms with Gasteiger partial charge in [0.05, 0.1) is 44.4 Å². The standard InChI is InChI=1S/C20H25F3N4O7S/c1-4-34-9-5-14(28)27(24-18(30)31)11-13-12(2)15-16(29)25(8-10-33-3)19(32)26(17(15)35-13)7-6-20(21,22)23/h5,9,24H,4,6-8,10-11H2,1-3H3,(H,30,31)/b9-5+. The molecule has 11 nitrogen and oxygen atoms in total. The van der Waals surface area contributed by atoms with E-state index in [2.05, 4.69) is 0 Å². The predicted molar refractivity (Wildman–Crippen MR) is 120 cm³/mol. The highest BCUT2D eigenvalue weighted by Gasteiger charge is 2.29. The van der Waals surface area contributed by atoms with Crippen molar-refractivity contribution in [2.75, 3.05) is 20.3 Å². The van der Waals surface area contributed by atoms with Crippen molar-refractivity contribution in [2.45, 2.75) is 46.1 Å². The maximum Gasteiger partial charge on any atom is 0.423 e. The van der Waals surface area contributed by atoms with Gasteiger partial charge in [0.15, 0.2) is 0 Å². The fraction of sp³-hybridized carbons (Fsp3) is 0.500. The quantitative estimate of drug-likeness (QED) is 0.278. The molecule has 2 aromatic heterocycles. The smallest absolute Gasteiger partial charge is 0.423 e. The molecule has 0 fully saturated rings. The minimum absolute atomic E-state index is 0.00185. The summed E-state index contributed by atoms with van der Waals surface area (Å²) in [4.78, 5) is 49.9. The first kappa shape index (κ1) is 27.9. The van der Waals surface area contributed by atoms with E-state index in [1.165, 1.54) is 14.0 Å². The number of thiophene rings is 1. The van der Waals surface area contributed by atoms with Crippen LogP contribution in [0, 0.1) is 6.92 Å². The van der Waals surface area contributed by atoms with Crippen LogP contribution >= 0.6 is 11.3 Å². The number of amides is 2. The largest absolute Gasteiger partial charge is 0.501 e. The highest BCUT2D eigenvalue weighted by Crippen LogP contribution is 2.30. The van der Waals surface area contributed by atoms with Crippen molar-refractivity contribution in [3.05, 3.63) is 43.6 Å². The average Bonchev–Trinajstić information content (AvgIpc) is 3.08. The van der Waals surface area contributed by atoms with Crippen LogP contribution in [0.4, 0.5) is 18.0 Å². The molecule has 2 aromatic rings. The topological polar surface area (TPSA) is 132 Å². The van der Waals surface area contributed by atoms with Crippen molar-refractivity contribution in [3.63, 3.8) is 0 Å². The molecular formula is C20H25F3N4O7S. The van der Waals surface area contributed by atoms with Gasteiger partial charge in [0.25, 0.3) is 11.5 Å². The minimum Gasteiger partial charge on any atom is -0.501 e. The Bertz CT molecular complexity index is 1220. The minimum atomic E-state index is -4.55. The molecule has 0 bridgehead atoms. The number of nitrogens with one attached hydrogen (secondary N) is 1. The van der Waals surface area contributed by atoms with Gasteiger partial charge < -0.3 is 14.6 Å². The molecule has 0 radical (unpaired) electrons. The average molecular weight is 523 g/mol. The maximum atomic E-state index is 13.1. The number of fused-ring (bicyclic) bond motifs is 1. The van der Waals surface area contributed by atoms with Crippen LogP contribution in [0.25, 0.3) is 10.2 Å². The van der Waals surface area contributed by atoms with E-state index in [0.717, 1.165) is 37.8 Å². The zero-order chi connectivity index (χ0) is 26.3. The lowest BCUT2D eigenvalue weighted by atomic mass is 10.2. The predicted octanol–water partition coefficient (Wildman–Crippen LogP) is 2.19. The maximum absolute atomic E-state index is 13.1. The summed E-state index contributed by atoms with van der Waals surface area (Å²) in [6, 6.07) is 0. The number of carbonyl (C=O) groups is 2. The van der Waals surface area contributed by atoms with Crippen molar-refractivity contribution < 1.29 is 37.3 Å². The van der Waals surface area contributed by atoms with Crippen LogP contribution in [0.5, 0.6) is 0 Å². The molecule has 0 spiro atoms. The van der Waals surface area contributed by atoms with Gasteiger partial charge in [-0.15, -0.1) is 11.3 Å². The number of methoxy groups -OCH3 is 1. The Labute approximate surface area is 200 Å². The van der Waals surface area contributed by atoms with Gasteiger partial charge in [-0.1, -0.05) is 0 Å². The summed E-state index contributed by atoms with van der Waals surface area (Å²) in [5.74, 6) is -0.787. The third kappa shape index (κ3) is 7.08. The fourth-order valence-corrected chi connectivity index (χ4v) is 4.44. The molecule has 0 saturated heterocycles. The second-order valence-electron chi connectivity index (χ2n) is 7.18. The van der Waals surface area contributed by atoms with Crippen molar-refractivity contribution >= 4 is 33.6 Å². The Balaban J connectivity index is 2.63. The Morgan fingerprint density at radius 2 is 1.91 bits per heavy atom. The number of rotatable bonds is 10. The molecule has 0 aliphatic rings. The van der Waals surface area contributed by atoms with Gasteiger partial charge in [-0.2, -0.15) is 13.2 Å². The first-order chi connectivity index (χ1) is 16.4. The SMILES string of the molecule is CCO/C=C/C(=O)N(Cc1sc2c(c1C)c(=O)n(CCOC)c(=O)n2CCC(F)(F)F)NC(=O)O. The number of hydrogen-bond acceptors (Lipinski definition) is 7. The summed E-state index contributed by atoms with van der Waals surface area (Å²) in [5, 5.41) is 9.85. The molecule has 0 aromatic carbocycles. The number of carboxylic acid groups (broad SMARTS) is 1. The molecule has 0 saturated carbocycles. The number of alkyl halides is 3. The van der Waals surface area contributed by atoms with Gasteiger partial charge in [0.1, 0.15) is 4.83 Å². The molecule has 0 unspecified atom stereocenters. The van der Waals surface area contributed by atoms with Crippen molar-refractivity contribution in [1.82, 2.24) is 19.6 Å². The van der Waals surface area contributed by atoms with Crippen LogP contribution in [-0.2, 0) is 33.9 Å². The third-order valence-electron chi connectivity index (χ3n) is 4.80. The zero-order valence-electron chi connectivity index (χ0n) is 19.2. The molecule has 2 heterocycles. The van der Waals surface area contributed by atoms with Crippen LogP contribution in [0.15, 0.2) is 21.9 Å². The fourth-order valence-electron chi connectivity index (χ4n) is 3.13. The molecule has 2 N–H and O–H groups in total. The van der Waals surface area contributed by atoms with E-state index in [9.17, 15) is 32.3 Å². The van der Waals surface area contributed by atoms with Gasteiger partial charge in [-0.3, -0.25) is 18.7 Å². The van der Waals surface area contributed by atoms with E-state index in [-0.39, 0.29) is 36.5 Å². The number of nitrogens with zero attached hydrogens (tertiary/aromatic N) is 3. The third-order valence-corrected chi connectivity index (χ3v) is 6.10. The number of halogens is 3. The van der Waals surface area contributed by atoms with E-state index in [0.29, 0.717) is 10.4 Å². The van der Waals surface area contributed by atoms with Crippen molar-refractivity contribution in [3.8, 4) is 0 Å². The molecule has 35 heavy (non-hydrogen) atoms. The van der Waals surface area contributed by atoms with E-state index in [1.807, 2.05) is 5.43 Å². The van der Waals surface area contributed by atoms with E-state index in [4.69, 9.17) is 14.6 Å². The molecule has 2 rings (SSSR count). The van der Waals surface area contributed by atoms with E-state index < -0.39 is 42.4 Å². The number of carbonyl (C=O) groups excluding carboxylic acids is 1. The molecule has 0 aliphatic heterocycles. The van der Waals surface area contributed by atoms with Crippen molar-refractivity contribution in [2.24, 2.45) is 0 Å². The first-order valence-corrected chi connectivity index (χ1v) is 11.1. The summed E-state index contributed by atoms with van der Waals surface area (Å²) < 4.78 is 50.3. The van der Waals surface area contributed by atoms with Crippen LogP contribution in [0.2, 0.25) is 0 Å². The van der Waals surface area contributed by atoms with Crippen molar-refractivity contribution in [1.29, 1.82) is 0 Å². The highest BCUT2D eigenvalue weighted by molar-refractivity contribution is 7.18. The van der Waals surface area contributed by atoms with Crippen LogP contribution in [-0.4, -0.2) is 57.7 Å². The summed E-state index contributed by atoms with van der Waals surface area (Å²) in [7, 11) is 1.35. The van der Waals surface area contributed by atoms with Gasteiger partial charge in [-0.25, -0.2) is 20.0 Å². The normalized spacial score (nSPS) is 11.8. The second kappa shape index (κ2) is 11.9. The Hall–Kier alpha value is -3.33. The number of hydrogen-bond donors (Lipinski definition) is 2. The van der Waals surface area contributed by atoms with Gasteiger partial charge >= 0.3 is 18.0 Å². The first-order valence-electron chi connectivity index (χ1n) is 10.3. The van der Waals surface area contributed by atoms with E-state index >= 15 is 0 Å². The number of hydrazine groups is 1. The van der Waals surface area contributed by atoms with Gasteiger partial charge in [0, 0.05) is 24.6 Å². The summed E-state index contributed by atoms with van der Waals surface area (Å²) in [6.07, 6.45) is -5.31. The molecule has 0 aliphatic carbocycles. The van der Waals surface area contributed by atoms with Gasteiger partial charge in [-0.05, 0) is 19.4 Å².